The maximum Gasteiger partial charge on any atom is 0.418 e. The Balaban J connectivity index is 2.34. The standard InChI is InChI=1S/C12H14F3NO/c1-7(2)11-10(12(13,14)15)5-9(6-16-11)17-8-3-4-8/h5-8H,3-4H2,1-2H3. The summed E-state index contributed by atoms with van der Waals surface area (Å²) in [6.07, 6.45) is -1.11. The maximum absolute atomic E-state index is 12.8. The smallest absolute Gasteiger partial charge is 0.418 e. The number of aromatic nitrogens is 1. The molecule has 0 unspecified atom stereocenters. The van der Waals surface area contributed by atoms with Gasteiger partial charge in [-0.05, 0) is 24.8 Å². The van der Waals surface area contributed by atoms with E-state index in [9.17, 15) is 13.2 Å². The van der Waals surface area contributed by atoms with E-state index in [1.54, 1.807) is 13.8 Å². The maximum atomic E-state index is 12.8. The molecule has 2 rings (SSSR count). The Morgan fingerprint density at radius 1 is 1.35 bits per heavy atom. The lowest BCUT2D eigenvalue weighted by molar-refractivity contribution is -0.138. The van der Waals surface area contributed by atoms with Gasteiger partial charge < -0.3 is 4.74 Å². The average Bonchev–Trinajstić information content (AvgIpc) is 3.00. The van der Waals surface area contributed by atoms with Gasteiger partial charge in [-0.25, -0.2) is 0 Å². The van der Waals surface area contributed by atoms with Crippen LogP contribution in [0.1, 0.15) is 43.9 Å². The minimum absolute atomic E-state index is 0.0700. The number of ether oxygens (including phenoxy) is 1. The zero-order chi connectivity index (χ0) is 12.6. The van der Waals surface area contributed by atoms with Gasteiger partial charge in [0.05, 0.1) is 23.6 Å². The van der Waals surface area contributed by atoms with Crippen LogP contribution >= 0.6 is 0 Å². The molecule has 0 saturated heterocycles. The Kier molecular flexibility index (Phi) is 3.02. The molecule has 1 aromatic rings. The summed E-state index contributed by atoms with van der Waals surface area (Å²) in [5.41, 5.74) is -0.619. The number of halogens is 3. The van der Waals surface area contributed by atoms with Crippen LogP contribution in [0.5, 0.6) is 5.75 Å². The summed E-state index contributed by atoms with van der Waals surface area (Å²) in [6, 6.07) is 1.06. The highest BCUT2D eigenvalue weighted by Crippen LogP contribution is 2.37. The van der Waals surface area contributed by atoms with Gasteiger partial charge in [0.2, 0.25) is 0 Å². The second-order valence-corrected chi connectivity index (χ2v) is 4.57. The zero-order valence-electron chi connectivity index (χ0n) is 9.71. The van der Waals surface area contributed by atoms with Crippen LogP contribution < -0.4 is 4.74 Å². The highest BCUT2D eigenvalue weighted by molar-refractivity contribution is 5.33. The third-order valence-corrected chi connectivity index (χ3v) is 2.57. The first kappa shape index (κ1) is 12.2. The lowest BCUT2D eigenvalue weighted by Crippen LogP contribution is -2.12. The zero-order valence-corrected chi connectivity index (χ0v) is 9.71. The average molecular weight is 245 g/mol. The van der Waals surface area contributed by atoms with Gasteiger partial charge in [0.25, 0.3) is 0 Å². The van der Waals surface area contributed by atoms with E-state index in [1.165, 1.54) is 6.20 Å². The van der Waals surface area contributed by atoms with E-state index in [1.807, 2.05) is 0 Å². The molecule has 0 aromatic carbocycles. The summed E-state index contributed by atoms with van der Waals surface area (Å²) in [7, 11) is 0. The minimum Gasteiger partial charge on any atom is -0.489 e. The lowest BCUT2D eigenvalue weighted by atomic mass is 10.0. The van der Waals surface area contributed by atoms with E-state index in [-0.39, 0.29) is 23.5 Å². The van der Waals surface area contributed by atoms with Crippen LogP contribution in [0.4, 0.5) is 13.2 Å². The molecule has 1 fully saturated rings. The van der Waals surface area contributed by atoms with Gasteiger partial charge in [-0.1, -0.05) is 13.8 Å². The van der Waals surface area contributed by atoms with Crippen molar-refractivity contribution >= 4 is 0 Å². The van der Waals surface area contributed by atoms with Crippen molar-refractivity contribution in [1.29, 1.82) is 0 Å². The highest BCUT2D eigenvalue weighted by atomic mass is 19.4. The predicted molar refractivity (Wildman–Crippen MR) is 57.0 cm³/mol. The Morgan fingerprint density at radius 2 is 2.00 bits per heavy atom. The molecule has 1 saturated carbocycles. The Labute approximate surface area is 97.8 Å². The fourth-order valence-corrected chi connectivity index (χ4v) is 1.59. The van der Waals surface area contributed by atoms with Crippen molar-refractivity contribution in [1.82, 2.24) is 4.98 Å². The second kappa shape index (κ2) is 4.20. The van der Waals surface area contributed by atoms with Crippen LogP contribution in [-0.4, -0.2) is 11.1 Å². The summed E-state index contributed by atoms with van der Waals surface area (Å²) in [6.45, 7) is 3.39. The van der Waals surface area contributed by atoms with Crippen molar-refractivity contribution in [2.24, 2.45) is 0 Å². The number of pyridine rings is 1. The van der Waals surface area contributed by atoms with E-state index < -0.39 is 11.7 Å². The molecule has 1 aliphatic carbocycles. The number of nitrogens with zero attached hydrogens (tertiary/aromatic N) is 1. The molecule has 5 heteroatoms. The largest absolute Gasteiger partial charge is 0.489 e. The molecule has 1 aliphatic rings. The van der Waals surface area contributed by atoms with Crippen LogP contribution in [0.3, 0.4) is 0 Å². The summed E-state index contributed by atoms with van der Waals surface area (Å²) in [5, 5.41) is 0. The van der Waals surface area contributed by atoms with Gasteiger partial charge in [-0.2, -0.15) is 13.2 Å². The summed E-state index contributed by atoms with van der Waals surface area (Å²) >= 11 is 0. The molecule has 0 amide bonds. The van der Waals surface area contributed by atoms with Crippen molar-refractivity contribution < 1.29 is 17.9 Å². The molecule has 17 heavy (non-hydrogen) atoms. The molecule has 2 nitrogen and oxygen atoms in total. The summed E-state index contributed by atoms with van der Waals surface area (Å²) in [5.74, 6) is -0.0502. The van der Waals surface area contributed by atoms with E-state index in [0.29, 0.717) is 0 Å². The van der Waals surface area contributed by atoms with Gasteiger partial charge in [0.15, 0.2) is 0 Å². The van der Waals surface area contributed by atoms with Crippen molar-refractivity contribution in [2.75, 3.05) is 0 Å². The van der Waals surface area contributed by atoms with E-state index in [4.69, 9.17) is 4.74 Å². The molecule has 0 radical (unpaired) electrons. The van der Waals surface area contributed by atoms with Gasteiger partial charge in [-0.15, -0.1) is 0 Å². The molecule has 1 aromatic heterocycles. The van der Waals surface area contributed by atoms with Crippen LogP contribution in [0.2, 0.25) is 0 Å². The van der Waals surface area contributed by atoms with Gasteiger partial charge in [0, 0.05) is 0 Å². The van der Waals surface area contributed by atoms with Crippen LogP contribution in [0.15, 0.2) is 12.3 Å². The molecular weight excluding hydrogens is 231 g/mol. The molecule has 94 valence electrons. The predicted octanol–water partition coefficient (Wildman–Crippen LogP) is 3.77. The Hall–Kier alpha value is -1.26. The van der Waals surface area contributed by atoms with Crippen molar-refractivity contribution in [3.05, 3.63) is 23.5 Å². The highest BCUT2D eigenvalue weighted by Gasteiger charge is 2.36. The molecular formula is C12H14F3NO. The summed E-state index contributed by atoms with van der Waals surface area (Å²) < 4.78 is 43.9. The monoisotopic (exact) mass is 245 g/mol. The van der Waals surface area contributed by atoms with Crippen molar-refractivity contribution in [3.63, 3.8) is 0 Å². The third-order valence-electron chi connectivity index (χ3n) is 2.57. The molecule has 0 N–H and O–H groups in total. The topological polar surface area (TPSA) is 22.1 Å². The molecule has 1 heterocycles. The third kappa shape index (κ3) is 2.90. The Morgan fingerprint density at radius 3 is 2.47 bits per heavy atom. The van der Waals surface area contributed by atoms with Crippen LogP contribution in [0, 0.1) is 0 Å². The van der Waals surface area contributed by atoms with Crippen LogP contribution in [-0.2, 0) is 6.18 Å². The van der Waals surface area contributed by atoms with E-state index in [2.05, 4.69) is 4.98 Å². The van der Waals surface area contributed by atoms with Gasteiger partial charge >= 0.3 is 6.18 Å². The molecule has 0 bridgehead atoms. The van der Waals surface area contributed by atoms with Crippen LogP contribution in [0.25, 0.3) is 0 Å². The summed E-state index contributed by atoms with van der Waals surface area (Å²) in [4.78, 5) is 3.88. The minimum atomic E-state index is -4.38. The SMILES string of the molecule is CC(C)c1ncc(OC2CC2)cc1C(F)(F)F. The molecule has 0 spiro atoms. The molecule has 0 aliphatic heterocycles. The van der Waals surface area contributed by atoms with Crippen molar-refractivity contribution in [3.8, 4) is 5.75 Å². The first-order valence-electron chi connectivity index (χ1n) is 5.61. The number of hydrogen-bond donors (Lipinski definition) is 0. The quantitative estimate of drug-likeness (QED) is 0.808. The first-order chi connectivity index (χ1) is 7.88. The van der Waals surface area contributed by atoms with Gasteiger partial charge in [0.1, 0.15) is 5.75 Å². The van der Waals surface area contributed by atoms with E-state index in [0.717, 1.165) is 18.9 Å². The van der Waals surface area contributed by atoms with Crippen molar-refractivity contribution in [2.45, 2.75) is 44.9 Å². The number of hydrogen-bond acceptors (Lipinski definition) is 2. The lowest BCUT2D eigenvalue weighted by Gasteiger charge is -2.15. The fraction of sp³-hybridized carbons (Fsp3) is 0.583. The normalized spacial score (nSPS) is 16.4. The van der Waals surface area contributed by atoms with E-state index >= 15 is 0 Å². The number of alkyl halides is 3. The Bertz CT molecular complexity index is 411. The number of rotatable bonds is 3. The fourth-order valence-electron chi connectivity index (χ4n) is 1.59. The molecule has 0 atom stereocenters. The second-order valence-electron chi connectivity index (χ2n) is 4.57. The first-order valence-corrected chi connectivity index (χ1v) is 5.61. The van der Waals surface area contributed by atoms with Gasteiger partial charge in [-0.3, -0.25) is 4.98 Å².